The highest BCUT2D eigenvalue weighted by molar-refractivity contribution is 5.46. The van der Waals surface area contributed by atoms with E-state index in [2.05, 4.69) is 0 Å². The lowest BCUT2D eigenvalue weighted by Gasteiger charge is -2.15. The molecule has 0 aliphatic carbocycles. The molecule has 0 bridgehead atoms. The molecule has 0 saturated carbocycles. The second-order valence-corrected chi connectivity index (χ2v) is 3.60. The van der Waals surface area contributed by atoms with Gasteiger partial charge in [0.1, 0.15) is 0 Å². The van der Waals surface area contributed by atoms with Gasteiger partial charge in [0.2, 0.25) is 0 Å². The molecule has 0 aliphatic rings. The summed E-state index contributed by atoms with van der Waals surface area (Å²) in [5.74, 6) is 0. The van der Waals surface area contributed by atoms with Crippen LogP contribution < -0.4 is 10.6 Å². The predicted octanol–water partition coefficient (Wildman–Crippen LogP) is 1.13. The largest absolute Gasteiger partial charge is 0.396 e. The maximum absolute atomic E-state index is 8.75. The molecule has 1 aromatic carbocycles. The van der Waals surface area contributed by atoms with Gasteiger partial charge in [0.25, 0.3) is 0 Å². The highest BCUT2D eigenvalue weighted by atomic mass is 16.3. The van der Waals surface area contributed by atoms with Crippen molar-refractivity contribution >= 4 is 5.69 Å². The van der Waals surface area contributed by atoms with E-state index < -0.39 is 0 Å². The first kappa shape index (κ1) is 11.0. The molecule has 0 heterocycles. The van der Waals surface area contributed by atoms with Crippen molar-refractivity contribution in [2.24, 2.45) is 5.73 Å². The first-order valence-corrected chi connectivity index (χ1v) is 4.79. The molecule has 0 amide bonds. The van der Waals surface area contributed by atoms with E-state index in [0.29, 0.717) is 6.42 Å². The number of nitrogens with two attached hydrogens (primary N) is 1. The molecule has 14 heavy (non-hydrogen) atoms. The molecule has 1 atom stereocenters. The SMILES string of the molecule is CN(C)c1ccc([C@@H](N)CCO)cc1. The van der Waals surface area contributed by atoms with Crippen molar-refractivity contribution in [1.82, 2.24) is 0 Å². The van der Waals surface area contributed by atoms with Crippen LogP contribution in [0, 0.1) is 0 Å². The average Bonchev–Trinajstić information content (AvgIpc) is 2.18. The average molecular weight is 194 g/mol. The highest BCUT2D eigenvalue weighted by Crippen LogP contribution is 2.17. The maximum Gasteiger partial charge on any atom is 0.0449 e. The van der Waals surface area contributed by atoms with Crippen LogP contribution in [0.4, 0.5) is 5.69 Å². The molecule has 0 radical (unpaired) electrons. The molecule has 1 rings (SSSR count). The van der Waals surface area contributed by atoms with E-state index >= 15 is 0 Å². The zero-order chi connectivity index (χ0) is 10.6. The van der Waals surface area contributed by atoms with Crippen LogP contribution in [0.3, 0.4) is 0 Å². The molecule has 78 valence electrons. The smallest absolute Gasteiger partial charge is 0.0449 e. The first-order valence-electron chi connectivity index (χ1n) is 4.79. The Kier molecular flexibility index (Phi) is 3.92. The number of hydrogen-bond acceptors (Lipinski definition) is 3. The Bertz CT molecular complexity index is 269. The van der Waals surface area contributed by atoms with Crippen molar-refractivity contribution in [2.75, 3.05) is 25.6 Å². The van der Waals surface area contributed by atoms with Gasteiger partial charge in [-0.3, -0.25) is 0 Å². The summed E-state index contributed by atoms with van der Waals surface area (Å²) in [6.07, 6.45) is 0.612. The molecule has 0 unspecified atom stereocenters. The van der Waals surface area contributed by atoms with Crippen LogP contribution >= 0.6 is 0 Å². The van der Waals surface area contributed by atoms with Gasteiger partial charge < -0.3 is 15.7 Å². The number of aliphatic hydroxyl groups is 1. The van der Waals surface area contributed by atoms with Crippen LogP contribution in [0.1, 0.15) is 18.0 Å². The topological polar surface area (TPSA) is 49.5 Å². The molecular formula is C11H18N2O. The molecule has 3 heteroatoms. The summed E-state index contributed by atoms with van der Waals surface area (Å²) in [5, 5.41) is 8.75. The standard InChI is InChI=1S/C11H18N2O/c1-13(2)10-5-3-9(4-6-10)11(12)7-8-14/h3-6,11,14H,7-8,12H2,1-2H3/t11-/m0/s1. The van der Waals surface area contributed by atoms with E-state index in [1.54, 1.807) is 0 Å². The molecule has 0 aliphatic heterocycles. The fraction of sp³-hybridized carbons (Fsp3) is 0.455. The molecule has 0 aromatic heterocycles. The van der Waals surface area contributed by atoms with Crippen molar-refractivity contribution in [2.45, 2.75) is 12.5 Å². The first-order chi connectivity index (χ1) is 6.65. The van der Waals surface area contributed by atoms with Crippen LogP contribution in [0.15, 0.2) is 24.3 Å². The lowest BCUT2D eigenvalue weighted by Crippen LogP contribution is -2.13. The van der Waals surface area contributed by atoms with Gasteiger partial charge in [-0.25, -0.2) is 0 Å². The molecule has 0 saturated heterocycles. The summed E-state index contributed by atoms with van der Waals surface area (Å²) in [5.41, 5.74) is 8.09. The third kappa shape index (κ3) is 2.72. The molecule has 3 N–H and O–H groups in total. The van der Waals surface area contributed by atoms with Gasteiger partial charge >= 0.3 is 0 Å². The Balaban J connectivity index is 2.72. The Morgan fingerprint density at radius 2 is 1.86 bits per heavy atom. The van der Waals surface area contributed by atoms with E-state index in [1.165, 1.54) is 0 Å². The molecule has 3 nitrogen and oxygen atoms in total. The van der Waals surface area contributed by atoms with E-state index in [0.717, 1.165) is 11.3 Å². The number of anilines is 1. The molecule has 0 spiro atoms. The summed E-state index contributed by atoms with van der Waals surface area (Å²) < 4.78 is 0. The van der Waals surface area contributed by atoms with Crippen LogP contribution in [0.5, 0.6) is 0 Å². The van der Waals surface area contributed by atoms with Crippen LogP contribution in [0.2, 0.25) is 0 Å². The second kappa shape index (κ2) is 4.98. The summed E-state index contributed by atoms with van der Waals surface area (Å²) in [6.45, 7) is 0.136. The second-order valence-electron chi connectivity index (χ2n) is 3.60. The number of benzene rings is 1. The van der Waals surface area contributed by atoms with E-state index in [-0.39, 0.29) is 12.6 Å². The van der Waals surface area contributed by atoms with Crippen LogP contribution in [0.25, 0.3) is 0 Å². The Morgan fingerprint density at radius 1 is 1.29 bits per heavy atom. The summed E-state index contributed by atoms with van der Waals surface area (Å²) in [7, 11) is 4.01. The van der Waals surface area contributed by atoms with Gasteiger partial charge in [-0.05, 0) is 24.1 Å². The van der Waals surface area contributed by atoms with Gasteiger partial charge in [0, 0.05) is 32.4 Å². The predicted molar refractivity (Wildman–Crippen MR) is 59.4 cm³/mol. The maximum atomic E-state index is 8.75. The molecule has 1 aromatic rings. The summed E-state index contributed by atoms with van der Waals surface area (Å²) in [4.78, 5) is 2.04. The quantitative estimate of drug-likeness (QED) is 0.755. The minimum absolute atomic E-state index is 0.0591. The highest BCUT2D eigenvalue weighted by Gasteiger charge is 2.04. The Labute approximate surface area is 85.2 Å². The normalized spacial score (nSPS) is 12.6. The van der Waals surface area contributed by atoms with Gasteiger partial charge in [-0.2, -0.15) is 0 Å². The zero-order valence-electron chi connectivity index (χ0n) is 8.77. The van der Waals surface area contributed by atoms with E-state index in [4.69, 9.17) is 10.8 Å². The number of rotatable bonds is 4. The van der Waals surface area contributed by atoms with E-state index in [9.17, 15) is 0 Å². The van der Waals surface area contributed by atoms with Crippen LogP contribution in [-0.2, 0) is 0 Å². The van der Waals surface area contributed by atoms with Gasteiger partial charge in [-0.15, -0.1) is 0 Å². The fourth-order valence-corrected chi connectivity index (χ4v) is 1.33. The monoisotopic (exact) mass is 194 g/mol. The van der Waals surface area contributed by atoms with Crippen LogP contribution in [-0.4, -0.2) is 25.8 Å². The third-order valence-corrected chi connectivity index (χ3v) is 2.28. The Morgan fingerprint density at radius 3 is 2.29 bits per heavy atom. The summed E-state index contributed by atoms with van der Waals surface area (Å²) in [6, 6.07) is 8.03. The van der Waals surface area contributed by atoms with Gasteiger partial charge in [-0.1, -0.05) is 12.1 Å². The van der Waals surface area contributed by atoms with E-state index in [1.807, 2.05) is 43.3 Å². The number of nitrogens with zero attached hydrogens (tertiary/aromatic N) is 1. The number of hydrogen-bond donors (Lipinski definition) is 2. The van der Waals surface area contributed by atoms with Gasteiger partial charge in [0.15, 0.2) is 0 Å². The van der Waals surface area contributed by atoms with Gasteiger partial charge in [0.05, 0.1) is 0 Å². The van der Waals surface area contributed by atoms with Crippen molar-refractivity contribution in [1.29, 1.82) is 0 Å². The van der Waals surface area contributed by atoms with Crippen molar-refractivity contribution in [3.05, 3.63) is 29.8 Å². The number of aliphatic hydroxyl groups excluding tert-OH is 1. The Hall–Kier alpha value is -1.06. The minimum Gasteiger partial charge on any atom is -0.396 e. The lowest BCUT2D eigenvalue weighted by atomic mass is 10.0. The summed E-state index contributed by atoms with van der Waals surface area (Å²) >= 11 is 0. The molecular weight excluding hydrogens is 176 g/mol. The third-order valence-electron chi connectivity index (χ3n) is 2.28. The molecule has 0 fully saturated rings. The van der Waals surface area contributed by atoms with Crippen molar-refractivity contribution in [3.8, 4) is 0 Å². The minimum atomic E-state index is -0.0591. The zero-order valence-corrected chi connectivity index (χ0v) is 8.77. The van der Waals surface area contributed by atoms with Crippen molar-refractivity contribution in [3.63, 3.8) is 0 Å². The lowest BCUT2D eigenvalue weighted by molar-refractivity contribution is 0.276. The fourth-order valence-electron chi connectivity index (χ4n) is 1.33. The van der Waals surface area contributed by atoms with Crippen molar-refractivity contribution < 1.29 is 5.11 Å².